The van der Waals surface area contributed by atoms with Gasteiger partial charge in [-0.25, -0.2) is 4.39 Å². The number of benzene rings is 2. The van der Waals surface area contributed by atoms with Crippen molar-refractivity contribution in [3.05, 3.63) is 59.4 Å². The van der Waals surface area contributed by atoms with E-state index in [0.29, 0.717) is 18.0 Å². The van der Waals surface area contributed by atoms with Gasteiger partial charge in [-0.05, 0) is 35.4 Å². The van der Waals surface area contributed by atoms with Gasteiger partial charge >= 0.3 is 0 Å². The van der Waals surface area contributed by atoms with E-state index in [1.807, 2.05) is 18.2 Å². The Labute approximate surface area is 132 Å². The molecule has 23 heavy (non-hydrogen) atoms. The molecule has 118 valence electrons. The standard InChI is InChI=1S/C17H15FN2O3/c18-12-4-1-10(2-5-12)8-20-16(15(19)17(20)21)11-3-6-13-14(7-11)23-9-22-13/h1-7,15-16H,8-9,19H2. The van der Waals surface area contributed by atoms with Crippen molar-refractivity contribution >= 4 is 5.91 Å². The molecule has 0 aliphatic carbocycles. The van der Waals surface area contributed by atoms with E-state index in [4.69, 9.17) is 15.2 Å². The molecular weight excluding hydrogens is 299 g/mol. The van der Waals surface area contributed by atoms with Crippen LogP contribution in [0.5, 0.6) is 11.5 Å². The summed E-state index contributed by atoms with van der Waals surface area (Å²) in [4.78, 5) is 13.8. The molecule has 2 N–H and O–H groups in total. The van der Waals surface area contributed by atoms with Gasteiger partial charge in [0.2, 0.25) is 12.7 Å². The number of amides is 1. The summed E-state index contributed by atoms with van der Waals surface area (Å²) in [6, 6.07) is 10.9. The van der Waals surface area contributed by atoms with Crippen LogP contribution in [0.15, 0.2) is 42.5 Å². The summed E-state index contributed by atoms with van der Waals surface area (Å²) < 4.78 is 23.7. The Bertz CT molecular complexity index is 763. The number of likely N-dealkylation sites (tertiary alicyclic amines) is 1. The maximum absolute atomic E-state index is 13.0. The average molecular weight is 314 g/mol. The summed E-state index contributed by atoms with van der Waals surface area (Å²) in [5.41, 5.74) is 7.75. The summed E-state index contributed by atoms with van der Waals surface area (Å²) in [5, 5.41) is 0. The first-order chi connectivity index (χ1) is 11.1. The first-order valence-electron chi connectivity index (χ1n) is 7.33. The lowest BCUT2D eigenvalue weighted by molar-refractivity contribution is -0.150. The van der Waals surface area contributed by atoms with Crippen LogP contribution in [0.25, 0.3) is 0 Å². The SMILES string of the molecule is NC1C(=O)N(Cc2ccc(F)cc2)C1c1ccc2c(c1)OCO2. The van der Waals surface area contributed by atoms with E-state index in [1.54, 1.807) is 17.0 Å². The lowest BCUT2D eigenvalue weighted by Crippen LogP contribution is -2.62. The minimum Gasteiger partial charge on any atom is -0.454 e. The minimum atomic E-state index is -0.573. The van der Waals surface area contributed by atoms with Gasteiger partial charge in [-0.2, -0.15) is 0 Å². The molecule has 0 saturated carbocycles. The normalized spacial score (nSPS) is 22.2. The zero-order valence-corrected chi connectivity index (χ0v) is 12.2. The smallest absolute Gasteiger partial charge is 0.242 e. The van der Waals surface area contributed by atoms with Gasteiger partial charge < -0.3 is 20.1 Å². The quantitative estimate of drug-likeness (QED) is 0.880. The molecule has 1 fully saturated rings. The predicted octanol–water partition coefficient (Wildman–Crippen LogP) is 1.97. The number of rotatable bonds is 3. The Hall–Kier alpha value is -2.60. The van der Waals surface area contributed by atoms with Crippen molar-refractivity contribution < 1.29 is 18.7 Å². The highest BCUT2D eigenvalue weighted by molar-refractivity contribution is 5.89. The third-order valence-electron chi connectivity index (χ3n) is 4.25. The second-order valence-corrected chi connectivity index (χ2v) is 5.68. The number of halogens is 1. The number of hydrogen-bond acceptors (Lipinski definition) is 4. The number of carbonyl (C=O) groups excluding carboxylic acids is 1. The number of hydrogen-bond donors (Lipinski definition) is 1. The Morgan fingerprint density at radius 3 is 2.65 bits per heavy atom. The van der Waals surface area contributed by atoms with Crippen LogP contribution in [0.4, 0.5) is 4.39 Å². The van der Waals surface area contributed by atoms with E-state index in [9.17, 15) is 9.18 Å². The molecule has 0 radical (unpaired) electrons. The molecule has 6 heteroatoms. The molecule has 2 unspecified atom stereocenters. The van der Waals surface area contributed by atoms with Gasteiger partial charge in [0.15, 0.2) is 11.5 Å². The van der Waals surface area contributed by atoms with E-state index in [0.717, 1.165) is 11.1 Å². The zero-order valence-electron chi connectivity index (χ0n) is 12.2. The van der Waals surface area contributed by atoms with E-state index < -0.39 is 6.04 Å². The lowest BCUT2D eigenvalue weighted by atomic mass is 9.88. The number of carbonyl (C=O) groups is 1. The fourth-order valence-corrected chi connectivity index (χ4v) is 3.02. The highest BCUT2D eigenvalue weighted by Crippen LogP contribution is 2.40. The molecule has 1 amide bonds. The summed E-state index contributed by atoms with van der Waals surface area (Å²) in [6.45, 7) is 0.597. The fraction of sp³-hybridized carbons (Fsp3) is 0.235. The molecule has 2 atom stereocenters. The van der Waals surface area contributed by atoms with Gasteiger partial charge in [0, 0.05) is 6.54 Å². The number of fused-ring (bicyclic) bond motifs is 1. The third kappa shape index (κ3) is 2.31. The Balaban J connectivity index is 1.59. The highest BCUT2D eigenvalue weighted by Gasteiger charge is 2.45. The average Bonchev–Trinajstić information content (AvgIpc) is 3.03. The Morgan fingerprint density at radius 2 is 1.87 bits per heavy atom. The number of nitrogens with zero attached hydrogens (tertiary/aromatic N) is 1. The van der Waals surface area contributed by atoms with E-state index in [2.05, 4.69) is 0 Å². The summed E-state index contributed by atoms with van der Waals surface area (Å²) >= 11 is 0. The number of β-lactam (4-membered cyclic amide) rings is 1. The minimum absolute atomic E-state index is 0.114. The van der Waals surface area contributed by atoms with Crippen molar-refractivity contribution in [3.8, 4) is 11.5 Å². The summed E-state index contributed by atoms with van der Waals surface area (Å²) in [7, 11) is 0. The van der Waals surface area contributed by atoms with Crippen LogP contribution in [0.3, 0.4) is 0 Å². The van der Waals surface area contributed by atoms with Crippen molar-refractivity contribution in [2.75, 3.05) is 6.79 Å². The van der Waals surface area contributed by atoms with Crippen molar-refractivity contribution in [3.63, 3.8) is 0 Å². The topological polar surface area (TPSA) is 64.8 Å². The van der Waals surface area contributed by atoms with Gasteiger partial charge in [0.1, 0.15) is 11.9 Å². The molecule has 0 bridgehead atoms. The fourth-order valence-electron chi connectivity index (χ4n) is 3.02. The summed E-state index contributed by atoms with van der Waals surface area (Å²) in [5.74, 6) is 0.943. The Kier molecular flexibility index (Phi) is 3.20. The number of ether oxygens (including phenoxy) is 2. The molecule has 2 heterocycles. The Morgan fingerprint density at radius 1 is 1.13 bits per heavy atom. The van der Waals surface area contributed by atoms with Gasteiger partial charge in [0.25, 0.3) is 0 Å². The van der Waals surface area contributed by atoms with Crippen molar-refractivity contribution in [1.82, 2.24) is 4.90 Å². The lowest BCUT2D eigenvalue weighted by Gasteiger charge is -2.45. The first-order valence-corrected chi connectivity index (χ1v) is 7.33. The second kappa shape index (κ2) is 5.24. The highest BCUT2D eigenvalue weighted by atomic mass is 19.1. The van der Waals surface area contributed by atoms with Crippen molar-refractivity contribution in [2.45, 2.75) is 18.6 Å². The van der Waals surface area contributed by atoms with Crippen LogP contribution >= 0.6 is 0 Å². The van der Waals surface area contributed by atoms with Crippen LogP contribution in [-0.4, -0.2) is 23.6 Å². The molecule has 5 nitrogen and oxygen atoms in total. The molecular formula is C17H15FN2O3. The molecule has 0 spiro atoms. The van der Waals surface area contributed by atoms with Crippen molar-refractivity contribution in [1.29, 1.82) is 0 Å². The van der Waals surface area contributed by atoms with Gasteiger partial charge in [0.05, 0.1) is 6.04 Å². The van der Waals surface area contributed by atoms with E-state index in [1.165, 1.54) is 12.1 Å². The largest absolute Gasteiger partial charge is 0.454 e. The molecule has 4 rings (SSSR count). The van der Waals surface area contributed by atoms with Crippen LogP contribution in [0, 0.1) is 5.82 Å². The van der Waals surface area contributed by atoms with Crippen LogP contribution in [0.2, 0.25) is 0 Å². The molecule has 2 aliphatic rings. The molecule has 2 aromatic carbocycles. The van der Waals surface area contributed by atoms with Gasteiger partial charge in [-0.1, -0.05) is 18.2 Å². The third-order valence-corrected chi connectivity index (χ3v) is 4.25. The maximum atomic E-state index is 13.0. The molecule has 2 aliphatic heterocycles. The first kappa shape index (κ1) is 14.0. The van der Waals surface area contributed by atoms with Crippen LogP contribution in [0.1, 0.15) is 17.2 Å². The zero-order chi connectivity index (χ0) is 16.0. The van der Waals surface area contributed by atoms with E-state index >= 15 is 0 Å². The predicted molar refractivity (Wildman–Crippen MR) is 80.2 cm³/mol. The molecule has 0 aromatic heterocycles. The monoisotopic (exact) mass is 314 g/mol. The van der Waals surface area contributed by atoms with Crippen LogP contribution in [-0.2, 0) is 11.3 Å². The second-order valence-electron chi connectivity index (χ2n) is 5.68. The van der Waals surface area contributed by atoms with Gasteiger partial charge in [-0.15, -0.1) is 0 Å². The maximum Gasteiger partial charge on any atom is 0.242 e. The molecule has 2 aromatic rings. The summed E-state index contributed by atoms with van der Waals surface area (Å²) in [6.07, 6.45) is 0. The van der Waals surface area contributed by atoms with E-state index in [-0.39, 0.29) is 24.6 Å². The molecule has 1 saturated heterocycles. The van der Waals surface area contributed by atoms with Gasteiger partial charge in [-0.3, -0.25) is 4.79 Å². The van der Waals surface area contributed by atoms with Crippen molar-refractivity contribution in [2.24, 2.45) is 5.73 Å². The van der Waals surface area contributed by atoms with Crippen LogP contribution < -0.4 is 15.2 Å². The number of nitrogens with two attached hydrogens (primary N) is 1.